The molecule has 418 valence electrons. The first-order valence-electron chi connectivity index (χ1n) is 25.4. The summed E-state index contributed by atoms with van der Waals surface area (Å²) < 4.78 is 0. The number of benzene rings is 1. The number of carboxylic acids is 1. The van der Waals surface area contributed by atoms with Gasteiger partial charge in [0.05, 0.1) is 19.1 Å². The van der Waals surface area contributed by atoms with E-state index in [9.17, 15) is 63.3 Å². The first-order valence-corrected chi connectivity index (χ1v) is 25.4. The Hall–Kier alpha value is -6.36. The van der Waals surface area contributed by atoms with Crippen molar-refractivity contribution < 1.29 is 63.3 Å². The third-order valence-corrected chi connectivity index (χ3v) is 11.5. The van der Waals surface area contributed by atoms with Crippen LogP contribution in [0.3, 0.4) is 0 Å². The van der Waals surface area contributed by atoms with Gasteiger partial charge in [-0.05, 0) is 85.3 Å². The number of carbonyl (C=O) groups excluding carboxylic acids is 9. The number of nitrogens with one attached hydrogen (secondary N) is 8. The van der Waals surface area contributed by atoms with Crippen LogP contribution in [-0.4, -0.2) is 135 Å². The zero-order chi connectivity index (χ0) is 56.7. The molecule has 0 radical (unpaired) electrons. The highest BCUT2D eigenvalue weighted by molar-refractivity contribution is 5.98. The Morgan fingerprint density at radius 1 is 0.446 bits per heavy atom. The summed E-state index contributed by atoms with van der Waals surface area (Å²) in [4.78, 5) is 134. The second kappa shape index (κ2) is 32.1. The number of nitrogens with two attached hydrogens (primary N) is 2. The smallest absolute Gasteiger partial charge is 0.326 e. The van der Waals surface area contributed by atoms with Crippen molar-refractivity contribution in [3.8, 4) is 5.75 Å². The van der Waals surface area contributed by atoms with Crippen LogP contribution in [0, 0.1) is 35.5 Å². The quantitative estimate of drug-likeness (QED) is 0.0440. The van der Waals surface area contributed by atoms with Gasteiger partial charge in [-0.1, -0.05) is 95.2 Å². The number of aliphatic hydroxyl groups is 1. The Balaban J connectivity index is 3.43. The SMILES string of the molecule is CC(C)C[C@H](NC(=O)[C@H](CC(C)C)NC(=O)[C@H](CC(C)C)NC(=O)[C@H](CC(C)C)NC(=O)[C@H](CO)NC(=O)[C@@H](NC(=O)[C@H](Cc1ccc(O)cc1)NC(=O)[C@H](CC(C)C)NC(=O)[C@@H](N)CC(N)=O)C(C)C)C(=O)O. The van der Waals surface area contributed by atoms with Crippen LogP contribution >= 0.6 is 0 Å². The van der Waals surface area contributed by atoms with Gasteiger partial charge in [0.15, 0.2) is 0 Å². The summed E-state index contributed by atoms with van der Waals surface area (Å²) in [5.74, 6) is -10.00. The Kier molecular flexibility index (Phi) is 28.4. The third kappa shape index (κ3) is 24.6. The minimum absolute atomic E-state index is 0.0468. The fourth-order valence-corrected chi connectivity index (χ4v) is 7.78. The predicted octanol–water partition coefficient (Wildman–Crippen LogP) is -0.0208. The molecule has 23 heteroatoms. The molecule has 9 atom stereocenters. The van der Waals surface area contributed by atoms with Gasteiger partial charge >= 0.3 is 5.97 Å². The van der Waals surface area contributed by atoms with Crippen molar-refractivity contribution in [2.24, 2.45) is 47.0 Å². The molecule has 1 rings (SSSR count). The predicted molar refractivity (Wildman–Crippen MR) is 276 cm³/mol. The maximum Gasteiger partial charge on any atom is 0.326 e. The van der Waals surface area contributed by atoms with E-state index in [1.807, 2.05) is 41.5 Å². The molecule has 0 bridgehead atoms. The van der Waals surface area contributed by atoms with Gasteiger partial charge in [0, 0.05) is 6.42 Å². The van der Waals surface area contributed by atoms with Crippen LogP contribution in [0.4, 0.5) is 0 Å². The third-order valence-electron chi connectivity index (χ3n) is 11.5. The fourth-order valence-electron chi connectivity index (χ4n) is 7.78. The van der Waals surface area contributed by atoms with Crippen LogP contribution in [0.15, 0.2) is 24.3 Å². The van der Waals surface area contributed by atoms with Crippen LogP contribution in [-0.2, 0) is 54.4 Å². The lowest BCUT2D eigenvalue weighted by molar-refractivity contribution is -0.143. The zero-order valence-electron chi connectivity index (χ0n) is 45.2. The fraction of sp³-hybridized carbons (Fsp3) is 0.686. The van der Waals surface area contributed by atoms with Gasteiger partial charge in [0.25, 0.3) is 0 Å². The van der Waals surface area contributed by atoms with E-state index in [1.165, 1.54) is 24.3 Å². The van der Waals surface area contributed by atoms with E-state index in [1.54, 1.807) is 41.5 Å². The van der Waals surface area contributed by atoms with Crippen LogP contribution in [0.25, 0.3) is 0 Å². The van der Waals surface area contributed by atoms with Gasteiger partial charge in [-0.3, -0.25) is 43.2 Å². The molecule has 0 aliphatic carbocycles. The van der Waals surface area contributed by atoms with Gasteiger partial charge in [0.2, 0.25) is 53.2 Å². The maximum atomic E-state index is 14.2. The van der Waals surface area contributed by atoms with Gasteiger partial charge in [-0.2, -0.15) is 0 Å². The summed E-state index contributed by atoms with van der Waals surface area (Å²) in [6.45, 7) is 20.3. The summed E-state index contributed by atoms with van der Waals surface area (Å²) in [7, 11) is 0. The number of rotatable bonds is 33. The van der Waals surface area contributed by atoms with E-state index in [0.717, 1.165) is 0 Å². The van der Waals surface area contributed by atoms with Gasteiger partial charge in [-0.15, -0.1) is 0 Å². The van der Waals surface area contributed by atoms with Crippen molar-refractivity contribution in [3.05, 3.63) is 29.8 Å². The number of phenolic OH excluding ortho intramolecular Hbond substituents is 1. The standard InChI is InChI=1S/C51H86N10O13/c1-25(2)17-34(54-43(65)33(52)23-41(53)64)44(66)58-38(22-31-13-15-32(63)16-14-31)48(70)61-42(30(11)12)50(72)60-40(24-62)49(71)57-36(19-27(5)6)46(68)55-35(18-26(3)4)45(67)56-37(20-28(7)8)47(69)59-39(51(73)74)21-29(9)10/h13-16,25-30,33-40,42,62-63H,17-24,52H2,1-12H3,(H2,53,64)(H,54,65)(H,55,68)(H,56,67)(H,57,71)(H,58,66)(H,59,69)(H,60,72)(H,61,70)(H,73,74)/t33-,34-,35-,36-,37-,38-,39-,40-,42-/m0/s1. The molecule has 23 nitrogen and oxygen atoms in total. The lowest BCUT2D eigenvalue weighted by atomic mass is 9.98. The van der Waals surface area contributed by atoms with E-state index < -0.39 is 132 Å². The number of hydrogen-bond donors (Lipinski definition) is 13. The Labute approximate surface area is 435 Å². The van der Waals surface area contributed by atoms with E-state index in [0.29, 0.717) is 5.56 Å². The van der Waals surface area contributed by atoms with Crippen LogP contribution < -0.4 is 54.0 Å². The molecule has 15 N–H and O–H groups in total. The summed E-state index contributed by atoms with van der Waals surface area (Å²) in [5.41, 5.74) is 11.5. The monoisotopic (exact) mass is 1050 g/mol. The number of aliphatic hydroxyl groups excluding tert-OH is 1. The Bertz CT molecular complexity index is 2050. The number of aliphatic carboxylic acids is 1. The van der Waals surface area contributed by atoms with Gasteiger partial charge in [0.1, 0.15) is 54.1 Å². The second-order valence-electron chi connectivity index (χ2n) is 21.5. The average molecular weight is 1050 g/mol. The lowest BCUT2D eigenvalue weighted by Crippen LogP contribution is -2.62. The highest BCUT2D eigenvalue weighted by Gasteiger charge is 2.36. The number of hydrogen-bond acceptors (Lipinski definition) is 13. The summed E-state index contributed by atoms with van der Waals surface area (Å²) in [5, 5.41) is 50.8. The van der Waals surface area contributed by atoms with E-state index in [-0.39, 0.29) is 73.9 Å². The van der Waals surface area contributed by atoms with Crippen LogP contribution in [0.2, 0.25) is 0 Å². The molecule has 0 saturated carbocycles. The second-order valence-corrected chi connectivity index (χ2v) is 21.5. The molecule has 0 aliphatic rings. The van der Waals surface area contributed by atoms with E-state index >= 15 is 0 Å². The number of carbonyl (C=O) groups is 10. The number of phenols is 1. The minimum Gasteiger partial charge on any atom is -0.508 e. The summed E-state index contributed by atoms with van der Waals surface area (Å²) in [6, 6.07) is -6.08. The van der Waals surface area contributed by atoms with Crippen LogP contribution in [0.1, 0.15) is 127 Å². The highest BCUT2D eigenvalue weighted by atomic mass is 16.4. The summed E-state index contributed by atoms with van der Waals surface area (Å²) in [6.07, 6.45) is -0.0778. The number of amides is 9. The average Bonchev–Trinajstić information content (AvgIpc) is 3.27. The molecule has 0 heterocycles. The molecule has 0 aliphatic heterocycles. The first kappa shape index (κ1) is 65.7. The topological polar surface area (TPSA) is 380 Å². The van der Waals surface area contributed by atoms with Gasteiger partial charge in [-0.25, -0.2) is 4.79 Å². The van der Waals surface area contributed by atoms with Crippen molar-refractivity contribution in [3.63, 3.8) is 0 Å². The number of primary amides is 1. The lowest BCUT2D eigenvalue weighted by Gasteiger charge is -2.29. The van der Waals surface area contributed by atoms with E-state index in [2.05, 4.69) is 42.5 Å². The van der Waals surface area contributed by atoms with Crippen molar-refractivity contribution in [1.82, 2.24) is 42.5 Å². The van der Waals surface area contributed by atoms with Crippen molar-refractivity contribution in [1.29, 1.82) is 0 Å². The summed E-state index contributed by atoms with van der Waals surface area (Å²) >= 11 is 0. The molecule has 0 aromatic heterocycles. The molecular weight excluding hydrogens is 961 g/mol. The molecule has 74 heavy (non-hydrogen) atoms. The maximum absolute atomic E-state index is 14.2. The van der Waals surface area contributed by atoms with Gasteiger partial charge < -0.3 is 69.3 Å². The van der Waals surface area contributed by atoms with Crippen molar-refractivity contribution in [2.45, 2.75) is 182 Å². The largest absolute Gasteiger partial charge is 0.508 e. The molecule has 0 saturated heterocycles. The molecule has 0 unspecified atom stereocenters. The normalized spacial score (nSPS) is 15.2. The molecule has 0 fully saturated rings. The number of aromatic hydroxyl groups is 1. The Morgan fingerprint density at radius 2 is 0.757 bits per heavy atom. The Morgan fingerprint density at radius 3 is 1.09 bits per heavy atom. The molecular formula is C51H86N10O13. The van der Waals surface area contributed by atoms with Crippen molar-refractivity contribution >= 4 is 59.1 Å². The van der Waals surface area contributed by atoms with E-state index in [4.69, 9.17) is 11.5 Å². The number of carboxylic acid groups (broad SMARTS) is 1. The van der Waals surface area contributed by atoms with Crippen LogP contribution in [0.5, 0.6) is 5.75 Å². The molecule has 1 aromatic rings. The zero-order valence-corrected chi connectivity index (χ0v) is 45.2. The first-order chi connectivity index (χ1) is 34.3. The molecule has 0 spiro atoms. The minimum atomic E-state index is -1.66. The highest BCUT2D eigenvalue weighted by Crippen LogP contribution is 2.16. The molecule has 9 amide bonds. The van der Waals surface area contributed by atoms with Crippen molar-refractivity contribution in [2.75, 3.05) is 6.61 Å². The molecule has 1 aromatic carbocycles.